The smallest absolute Gasteiger partial charge is 0.241 e. The van der Waals surface area contributed by atoms with E-state index in [0.717, 1.165) is 29.3 Å². The fraction of sp³-hybridized carbons (Fsp3) is 0.292. The SMILES string of the molecule is NC(=O)C1CCCN1[C@H](CCc1ccccc1)C(=O)Nc1cnc2ccccc2c1. The number of fused-ring (bicyclic) bond motifs is 1. The minimum atomic E-state index is -0.434. The van der Waals surface area contributed by atoms with Crippen LogP contribution in [-0.2, 0) is 16.0 Å². The van der Waals surface area contributed by atoms with Crippen molar-refractivity contribution in [1.29, 1.82) is 0 Å². The van der Waals surface area contributed by atoms with Crippen molar-refractivity contribution in [3.63, 3.8) is 0 Å². The predicted octanol–water partition coefficient (Wildman–Crippen LogP) is 3.12. The predicted molar refractivity (Wildman–Crippen MR) is 118 cm³/mol. The highest BCUT2D eigenvalue weighted by molar-refractivity contribution is 5.97. The highest BCUT2D eigenvalue weighted by Gasteiger charge is 2.37. The first-order valence-electron chi connectivity index (χ1n) is 10.4. The molecule has 2 aromatic carbocycles. The lowest BCUT2D eigenvalue weighted by atomic mass is 10.0. The molecule has 4 rings (SSSR count). The first-order chi connectivity index (χ1) is 14.6. The van der Waals surface area contributed by atoms with E-state index in [2.05, 4.69) is 22.4 Å². The van der Waals surface area contributed by atoms with E-state index in [0.29, 0.717) is 25.1 Å². The van der Waals surface area contributed by atoms with E-state index in [1.165, 1.54) is 0 Å². The van der Waals surface area contributed by atoms with Crippen LogP contribution in [0.2, 0.25) is 0 Å². The highest BCUT2D eigenvalue weighted by Crippen LogP contribution is 2.24. The number of likely N-dealkylation sites (tertiary alicyclic amines) is 1. The molecule has 0 saturated carbocycles. The number of nitrogens with two attached hydrogens (primary N) is 1. The van der Waals surface area contributed by atoms with E-state index in [1.54, 1.807) is 6.20 Å². The van der Waals surface area contributed by atoms with E-state index < -0.39 is 12.1 Å². The number of aryl methyl sites for hydroxylation is 1. The van der Waals surface area contributed by atoms with Gasteiger partial charge >= 0.3 is 0 Å². The molecule has 2 atom stereocenters. The van der Waals surface area contributed by atoms with E-state index in [1.807, 2.05) is 53.4 Å². The highest BCUT2D eigenvalue weighted by atomic mass is 16.2. The summed E-state index contributed by atoms with van der Waals surface area (Å²) >= 11 is 0. The maximum atomic E-state index is 13.3. The zero-order chi connectivity index (χ0) is 20.9. The quantitative estimate of drug-likeness (QED) is 0.636. The molecule has 0 bridgehead atoms. The van der Waals surface area contributed by atoms with Crippen LogP contribution in [0, 0.1) is 0 Å². The lowest BCUT2D eigenvalue weighted by molar-refractivity contribution is -0.127. The van der Waals surface area contributed by atoms with Crippen molar-refractivity contribution in [2.24, 2.45) is 5.73 Å². The summed E-state index contributed by atoms with van der Waals surface area (Å²) in [5, 5.41) is 3.98. The summed E-state index contributed by atoms with van der Waals surface area (Å²) in [7, 11) is 0. The monoisotopic (exact) mass is 402 g/mol. The van der Waals surface area contributed by atoms with Crippen LogP contribution in [-0.4, -0.2) is 40.3 Å². The van der Waals surface area contributed by atoms with Crippen LogP contribution in [0.15, 0.2) is 66.9 Å². The molecule has 1 unspecified atom stereocenters. The van der Waals surface area contributed by atoms with Crippen molar-refractivity contribution in [3.05, 3.63) is 72.4 Å². The number of rotatable bonds is 7. The van der Waals surface area contributed by atoms with Crippen molar-refractivity contribution in [2.75, 3.05) is 11.9 Å². The maximum Gasteiger partial charge on any atom is 0.241 e. The maximum absolute atomic E-state index is 13.3. The number of primary amides is 1. The van der Waals surface area contributed by atoms with E-state index in [-0.39, 0.29) is 11.8 Å². The number of pyridine rings is 1. The van der Waals surface area contributed by atoms with Crippen molar-refractivity contribution in [1.82, 2.24) is 9.88 Å². The van der Waals surface area contributed by atoms with Gasteiger partial charge in [0.2, 0.25) is 11.8 Å². The molecule has 6 nitrogen and oxygen atoms in total. The largest absolute Gasteiger partial charge is 0.368 e. The molecule has 3 N–H and O–H groups in total. The molecule has 30 heavy (non-hydrogen) atoms. The molecule has 1 saturated heterocycles. The molecular weight excluding hydrogens is 376 g/mol. The molecule has 1 fully saturated rings. The average molecular weight is 402 g/mol. The molecule has 6 heteroatoms. The zero-order valence-corrected chi connectivity index (χ0v) is 16.8. The third-order valence-electron chi connectivity index (χ3n) is 5.73. The zero-order valence-electron chi connectivity index (χ0n) is 16.8. The van der Waals surface area contributed by atoms with Gasteiger partial charge in [-0.3, -0.25) is 19.5 Å². The Hall–Kier alpha value is -3.25. The van der Waals surface area contributed by atoms with Crippen molar-refractivity contribution < 1.29 is 9.59 Å². The lowest BCUT2D eigenvalue weighted by Gasteiger charge is -2.30. The minimum Gasteiger partial charge on any atom is -0.368 e. The number of amides is 2. The Bertz CT molecular complexity index is 1040. The van der Waals surface area contributed by atoms with Crippen LogP contribution >= 0.6 is 0 Å². The number of benzene rings is 2. The number of hydrogen-bond acceptors (Lipinski definition) is 4. The van der Waals surface area contributed by atoms with Gasteiger partial charge in [0.05, 0.1) is 29.5 Å². The fourth-order valence-corrected chi connectivity index (χ4v) is 4.23. The van der Waals surface area contributed by atoms with Crippen LogP contribution in [0.3, 0.4) is 0 Å². The summed E-state index contributed by atoms with van der Waals surface area (Å²) in [6.07, 6.45) is 4.59. The molecule has 3 aromatic rings. The molecule has 1 aromatic heterocycles. The normalized spacial score (nSPS) is 17.7. The van der Waals surface area contributed by atoms with Gasteiger partial charge in [-0.15, -0.1) is 0 Å². The number of nitrogens with one attached hydrogen (secondary N) is 1. The third-order valence-corrected chi connectivity index (χ3v) is 5.73. The Morgan fingerprint density at radius 3 is 2.70 bits per heavy atom. The van der Waals surface area contributed by atoms with Gasteiger partial charge in [0.1, 0.15) is 0 Å². The number of aromatic nitrogens is 1. The van der Waals surface area contributed by atoms with E-state index in [9.17, 15) is 9.59 Å². The molecule has 0 aliphatic carbocycles. The number of hydrogen-bond donors (Lipinski definition) is 2. The molecule has 2 heterocycles. The Morgan fingerprint density at radius 1 is 1.13 bits per heavy atom. The Balaban J connectivity index is 1.55. The summed E-state index contributed by atoms with van der Waals surface area (Å²) in [6, 6.07) is 18.9. The second-order valence-corrected chi connectivity index (χ2v) is 7.74. The van der Waals surface area contributed by atoms with Gasteiger partial charge in [-0.1, -0.05) is 48.5 Å². The number of anilines is 1. The summed E-state index contributed by atoms with van der Waals surface area (Å²) in [5.41, 5.74) is 8.32. The molecule has 0 spiro atoms. The third kappa shape index (κ3) is 4.49. The van der Waals surface area contributed by atoms with E-state index >= 15 is 0 Å². The van der Waals surface area contributed by atoms with Gasteiger partial charge in [0.25, 0.3) is 0 Å². The van der Waals surface area contributed by atoms with Crippen molar-refractivity contribution in [2.45, 2.75) is 37.8 Å². The van der Waals surface area contributed by atoms with Crippen molar-refractivity contribution >= 4 is 28.4 Å². The van der Waals surface area contributed by atoms with Crippen LogP contribution in [0.5, 0.6) is 0 Å². The van der Waals surface area contributed by atoms with Crippen molar-refractivity contribution in [3.8, 4) is 0 Å². The Kier molecular flexibility index (Phi) is 6.05. The fourth-order valence-electron chi connectivity index (χ4n) is 4.23. The van der Waals surface area contributed by atoms with Gasteiger partial charge in [-0.2, -0.15) is 0 Å². The number of carbonyl (C=O) groups excluding carboxylic acids is 2. The second-order valence-electron chi connectivity index (χ2n) is 7.74. The van der Waals surface area contributed by atoms with Gasteiger partial charge in [-0.25, -0.2) is 0 Å². The molecule has 1 aliphatic rings. The van der Waals surface area contributed by atoms with Gasteiger partial charge in [-0.05, 0) is 49.9 Å². The van der Waals surface area contributed by atoms with E-state index in [4.69, 9.17) is 5.73 Å². The molecule has 2 amide bonds. The summed E-state index contributed by atoms with van der Waals surface area (Å²) < 4.78 is 0. The molecule has 154 valence electrons. The number of para-hydroxylation sites is 1. The molecule has 1 aliphatic heterocycles. The first kappa shape index (κ1) is 20.0. The Morgan fingerprint density at radius 2 is 1.90 bits per heavy atom. The summed E-state index contributed by atoms with van der Waals surface area (Å²) in [5.74, 6) is -0.492. The number of carbonyl (C=O) groups is 2. The minimum absolute atomic E-state index is 0.129. The van der Waals surface area contributed by atoms with Crippen LogP contribution < -0.4 is 11.1 Å². The van der Waals surface area contributed by atoms with Gasteiger partial charge in [0, 0.05) is 5.39 Å². The molecular formula is C24H26N4O2. The van der Waals surface area contributed by atoms with Gasteiger partial charge < -0.3 is 11.1 Å². The number of nitrogens with zero attached hydrogens (tertiary/aromatic N) is 2. The van der Waals surface area contributed by atoms with Crippen LogP contribution in [0.4, 0.5) is 5.69 Å². The summed E-state index contributed by atoms with van der Waals surface area (Å²) in [4.78, 5) is 31.6. The molecule has 0 radical (unpaired) electrons. The second kappa shape index (κ2) is 9.05. The Labute approximate surface area is 176 Å². The first-order valence-corrected chi connectivity index (χ1v) is 10.4. The topological polar surface area (TPSA) is 88.3 Å². The van der Waals surface area contributed by atoms with Crippen LogP contribution in [0.25, 0.3) is 10.9 Å². The van der Waals surface area contributed by atoms with Gasteiger partial charge in [0.15, 0.2) is 0 Å². The summed E-state index contributed by atoms with van der Waals surface area (Å²) in [6.45, 7) is 0.691. The average Bonchev–Trinajstić information content (AvgIpc) is 3.24. The van der Waals surface area contributed by atoms with Crippen LogP contribution in [0.1, 0.15) is 24.8 Å². The lowest BCUT2D eigenvalue weighted by Crippen LogP contribution is -2.51. The standard InChI is InChI=1S/C24H26N4O2/c25-23(29)21-11-6-14-28(21)22(13-12-17-7-2-1-3-8-17)24(30)27-19-15-18-9-4-5-10-20(18)26-16-19/h1-5,7-10,15-16,21-22H,6,11-14H2,(H2,25,29)(H,27,30)/t21?,22-/m1/s1.